The highest BCUT2D eigenvalue weighted by Gasteiger charge is 2.25. The van der Waals surface area contributed by atoms with Gasteiger partial charge in [-0.05, 0) is 38.1 Å². The molecule has 98 valence electrons. The van der Waals surface area contributed by atoms with Gasteiger partial charge in [0, 0.05) is 26.1 Å². The molecule has 0 amide bonds. The van der Waals surface area contributed by atoms with Gasteiger partial charge in [0.1, 0.15) is 11.9 Å². The summed E-state index contributed by atoms with van der Waals surface area (Å²) in [7, 11) is 0. The molecule has 2 aliphatic rings. The zero-order valence-corrected chi connectivity index (χ0v) is 11.1. The first-order valence-electron chi connectivity index (χ1n) is 7.00. The van der Waals surface area contributed by atoms with Crippen LogP contribution < -0.4 is 10.1 Å². The van der Waals surface area contributed by atoms with Crippen molar-refractivity contribution < 1.29 is 4.74 Å². The molecule has 1 aromatic carbocycles. The Hall–Kier alpha value is -1.06. The lowest BCUT2D eigenvalue weighted by atomic mass is 10.1. The lowest BCUT2D eigenvalue weighted by molar-refractivity contribution is 0.155. The smallest absolute Gasteiger partial charge is 0.123 e. The SMILES string of the molecule is Cc1ccc2c(c1)CC(CN1CCCNCC1)O2. The Morgan fingerprint density at radius 3 is 3.22 bits per heavy atom. The van der Waals surface area contributed by atoms with Crippen LogP contribution >= 0.6 is 0 Å². The van der Waals surface area contributed by atoms with Gasteiger partial charge in [-0.1, -0.05) is 17.7 Å². The van der Waals surface area contributed by atoms with Gasteiger partial charge in [0.25, 0.3) is 0 Å². The van der Waals surface area contributed by atoms with Gasteiger partial charge in [0.2, 0.25) is 0 Å². The van der Waals surface area contributed by atoms with E-state index in [0.29, 0.717) is 6.10 Å². The Labute approximate surface area is 109 Å². The van der Waals surface area contributed by atoms with Gasteiger partial charge in [-0.15, -0.1) is 0 Å². The molecule has 0 aliphatic carbocycles. The first kappa shape index (κ1) is 12.0. The van der Waals surface area contributed by atoms with E-state index in [4.69, 9.17) is 4.74 Å². The van der Waals surface area contributed by atoms with Crippen molar-refractivity contribution in [2.24, 2.45) is 0 Å². The van der Waals surface area contributed by atoms with Gasteiger partial charge >= 0.3 is 0 Å². The van der Waals surface area contributed by atoms with Gasteiger partial charge in [-0.3, -0.25) is 4.90 Å². The molecule has 0 radical (unpaired) electrons. The van der Waals surface area contributed by atoms with E-state index >= 15 is 0 Å². The predicted molar refractivity (Wildman–Crippen MR) is 73.2 cm³/mol. The minimum atomic E-state index is 0.347. The van der Waals surface area contributed by atoms with E-state index in [9.17, 15) is 0 Å². The molecule has 1 unspecified atom stereocenters. The molecule has 0 aromatic heterocycles. The number of nitrogens with one attached hydrogen (secondary N) is 1. The summed E-state index contributed by atoms with van der Waals surface area (Å²) >= 11 is 0. The third-order valence-corrected chi connectivity index (χ3v) is 3.85. The largest absolute Gasteiger partial charge is 0.488 e. The normalized spacial score (nSPS) is 24.4. The Balaban J connectivity index is 1.60. The van der Waals surface area contributed by atoms with Crippen molar-refractivity contribution in [3.05, 3.63) is 29.3 Å². The van der Waals surface area contributed by atoms with Crippen LogP contribution in [0.3, 0.4) is 0 Å². The molecule has 0 saturated carbocycles. The second-order valence-electron chi connectivity index (χ2n) is 5.46. The van der Waals surface area contributed by atoms with E-state index in [0.717, 1.165) is 38.3 Å². The highest BCUT2D eigenvalue weighted by Crippen LogP contribution is 2.29. The zero-order valence-electron chi connectivity index (χ0n) is 11.1. The van der Waals surface area contributed by atoms with Crippen LogP contribution in [0.1, 0.15) is 17.5 Å². The first-order valence-corrected chi connectivity index (χ1v) is 7.00. The second kappa shape index (κ2) is 5.29. The first-order chi connectivity index (χ1) is 8.81. The number of hydrogen-bond donors (Lipinski definition) is 1. The lowest BCUT2D eigenvalue weighted by Gasteiger charge is -2.22. The fraction of sp³-hybridized carbons (Fsp3) is 0.600. The number of ether oxygens (including phenoxy) is 1. The van der Waals surface area contributed by atoms with E-state index in [1.165, 1.54) is 24.1 Å². The van der Waals surface area contributed by atoms with E-state index < -0.39 is 0 Å². The van der Waals surface area contributed by atoms with E-state index in [1.807, 2.05) is 0 Å². The van der Waals surface area contributed by atoms with Crippen molar-refractivity contribution in [2.45, 2.75) is 25.9 Å². The van der Waals surface area contributed by atoms with Crippen LogP contribution in [-0.2, 0) is 6.42 Å². The maximum absolute atomic E-state index is 6.04. The molecule has 2 heterocycles. The average Bonchev–Trinajstić information content (AvgIpc) is 2.57. The van der Waals surface area contributed by atoms with Crippen LogP contribution in [0.4, 0.5) is 0 Å². The molecule has 1 fully saturated rings. The molecule has 3 nitrogen and oxygen atoms in total. The Kier molecular flexibility index (Phi) is 3.52. The third-order valence-electron chi connectivity index (χ3n) is 3.85. The van der Waals surface area contributed by atoms with E-state index in [-0.39, 0.29) is 0 Å². The van der Waals surface area contributed by atoms with Crippen LogP contribution in [0, 0.1) is 6.92 Å². The standard InChI is InChI=1S/C15H22N2O/c1-12-3-4-15-13(9-12)10-14(18-15)11-17-7-2-5-16-6-8-17/h3-4,9,14,16H,2,5-8,10-11H2,1H3. The minimum Gasteiger partial charge on any atom is -0.488 e. The van der Waals surface area contributed by atoms with Gasteiger partial charge in [0.05, 0.1) is 0 Å². The van der Waals surface area contributed by atoms with Gasteiger partial charge in [0.15, 0.2) is 0 Å². The fourth-order valence-electron chi connectivity index (χ4n) is 2.92. The summed E-state index contributed by atoms with van der Waals surface area (Å²) in [6.45, 7) is 7.82. The van der Waals surface area contributed by atoms with Crippen molar-refractivity contribution in [2.75, 3.05) is 32.7 Å². The molecule has 3 rings (SSSR count). The van der Waals surface area contributed by atoms with Crippen molar-refractivity contribution in [1.29, 1.82) is 0 Å². The number of rotatable bonds is 2. The molecule has 1 N–H and O–H groups in total. The maximum atomic E-state index is 6.04. The number of benzene rings is 1. The minimum absolute atomic E-state index is 0.347. The quantitative estimate of drug-likeness (QED) is 0.857. The highest BCUT2D eigenvalue weighted by atomic mass is 16.5. The Morgan fingerprint density at radius 2 is 2.28 bits per heavy atom. The summed E-state index contributed by atoms with van der Waals surface area (Å²) in [4.78, 5) is 2.53. The topological polar surface area (TPSA) is 24.5 Å². The molecular formula is C15H22N2O. The lowest BCUT2D eigenvalue weighted by Crippen LogP contribution is -2.37. The average molecular weight is 246 g/mol. The summed E-state index contributed by atoms with van der Waals surface area (Å²) < 4.78 is 6.04. The van der Waals surface area contributed by atoms with Crippen molar-refractivity contribution in [3.8, 4) is 5.75 Å². The summed E-state index contributed by atoms with van der Waals surface area (Å²) in [5, 5.41) is 3.44. The molecule has 1 saturated heterocycles. The van der Waals surface area contributed by atoms with Crippen molar-refractivity contribution in [1.82, 2.24) is 10.2 Å². The highest BCUT2D eigenvalue weighted by molar-refractivity contribution is 5.40. The Bertz CT molecular complexity index is 411. The molecule has 1 atom stereocenters. The van der Waals surface area contributed by atoms with Crippen LogP contribution in [-0.4, -0.2) is 43.7 Å². The molecular weight excluding hydrogens is 224 g/mol. The Morgan fingerprint density at radius 1 is 1.33 bits per heavy atom. The molecule has 2 aliphatic heterocycles. The number of fused-ring (bicyclic) bond motifs is 1. The summed E-state index contributed by atoms with van der Waals surface area (Å²) in [6.07, 6.45) is 2.67. The fourth-order valence-corrected chi connectivity index (χ4v) is 2.92. The van der Waals surface area contributed by atoms with Crippen LogP contribution in [0.5, 0.6) is 5.75 Å². The van der Waals surface area contributed by atoms with Crippen LogP contribution in [0.25, 0.3) is 0 Å². The number of aryl methyl sites for hydroxylation is 1. The van der Waals surface area contributed by atoms with Crippen molar-refractivity contribution in [3.63, 3.8) is 0 Å². The monoisotopic (exact) mass is 246 g/mol. The molecule has 18 heavy (non-hydrogen) atoms. The number of hydrogen-bond acceptors (Lipinski definition) is 3. The van der Waals surface area contributed by atoms with E-state index in [1.54, 1.807) is 0 Å². The summed E-state index contributed by atoms with van der Waals surface area (Å²) in [5.74, 6) is 1.10. The van der Waals surface area contributed by atoms with Crippen molar-refractivity contribution >= 4 is 0 Å². The summed E-state index contributed by atoms with van der Waals surface area (Å²) in [6, 6.07) is 6.52. The maximum Gasteiger partial charge on any atom is 0.123 e. The van der Waals surface area contributed by atoms with E-state index in [2.05, 4.69) is 35.3 Å². The molecule has 0 spiro atoms. The van der Waals surface area contributed by atoms with Crippen LogP contribution in [0.2, 0.25) is 0 Å². The van der Waals surface area contributed by atoms with Gasteiger partial charge in [-0.25, -0.2) is 0 Å². The summed E-state index contributed by atoms with van der Waals surface area (Å²) in [5.41, 5.74) is 2.71. The third kappa shape index (κ3) is 2.68. The zero-order chi connectivity index (χ0) is 12.4. The molecule has 1 aromatic rings. The van der Waals surface area contributed by atoms with Crippen LogP contribution in [0.15, 0.2) is 18.2 Å². The molecule has 3 heteroatoms. The number of nitrogens with zero attached hydrogens (tertiary/aromatic N) is 1. The van der Waals surface area contributed by atoms with Gasteiger partial charge < -0.3 is 10.1 Å². The predicted octanol–water partition coefficient (Wildman–Crippen LogP) is 1.59. The second-order valence-corrected chi connectivity index (χ2v) is 5.46. The molecule has 0 bridgehead atoms. The van der Waals surface area contributed by atoms with Gasteiger partial charge in [-0.2, -0.15) is 0 Å².